The highest BCUT2D eigenvalue weighted by Crippen LogP contribution is 2.25. The van der Waals surface area contributed by atoms with Gasteiger partial charge in [-0.3, -0.25) is 0 Å². The van der Waals surface area contributed by atoms with E-state index in [1.165, 1.54) is 18.2 Å². The molecule has 3 rings (SSSR count). The molecular weight excluding hydrogens is 291 g/mol. The van der Waals surface area contributed by atoms with Gasteiger partial charge in [0.25, 0.3) is 0 Å². The second-order valence-corrected chi connectivity index (χ2v) is 5.04. The van der Waals surface area contributed by atoms with Crippen LogP contribution in [0.1, 0.15) is 11.1 Å². The normalized spacial score (nSPS) is 9.96. The molecule has 0 aliphatic rings. The quantitative estimate of drug-likeness (QED) is 0.658. The molecule has 112 valence electrons. The first-order valence-corrected chi connectivity index (χ1v) is 7.02. The molecule has 0 radical (unpaired) electrons. The molecule has 0 fully saturated rings. The maximum absolute atomic E-state index is 14.3. The number of halogens is 1. The van der Waals surface area contributed by atoms with Crippen LogP contribution >= 0.6 is 0 Å². The van der Waals surface area contributed by atoms with E-state index in [-0.39, 0.29) is 17.3 Å². The van der Waals surface area contributed by atoms with E-state index in [0.717, 1.165) is 5.56 Å². The molecule has 0 bridgehead atoms. The SMILES string of the molecule is Oc1ccc(C#Cc2ccc(-c3ccc(O)cc3)c(F)c2)cc1. The van der Waals surface area contributed by atoms with E-state index >= 15 is 0 Å². The Bertz CT molecular complexity index is 886. The van der Waals surface area contributed by atoms with Crippen molar-refractivity contribution in [1.82, 2.24) is 0 Å². The van der Waals surface area contributed by atoms with Crippen molar-refractivity contribution in [2.45, 2.75) is 0 Å². The van der Waals surface area contributed by atoms with Gasteiger partial charge in [-0.2, -0.15) is 0 Å². The maximum atomic E-state index is 14.3. The lowest BCUT2D eigenvalue weighted by Gasteiger charge is -2.04. The molecule has 0 saturated heterocycles. The van der Waals surface area contributed by atoms with Gasteiger partial charge in [-0.25, -0.2) is 4.39 Å². The number of hydrogen-bond acceptors (Lipinski definition) is 2. The third-order valence-electron chi connectivity index (χ3n) is 3.37. The summed E-state index contributed by atoms with van der Waals surface area (Å²) < 4.78 is 14.3. The molecule has 2 N–H and O–H groups in total. The fourth-order valence-corrected chi connectivity index (χ4v) is 2.16. The first-order valence-electron chi connectivity index (χ1n) is 7.02. The van der Waals surface area contributed by atoms with Crippen molar-refractivity contribution in [3.63, 3.8) is 0 Å². The highest BCUT2D eigenvalue weighted by Gasteiger charge is 2.05. The fourth-order valence-electron chi connectivity index (χ4n) is 2.16. The molecule has 3 aromatic rings. The number of benzene rings is 3. The third-order valence-corrected chi connectivity index (χ3v) is 3.37. The van der Waals surface area contributed by atoms with Crippen LogP contribution in [0, 0.1) is 17.7 Å². The number of phenols is 2. The average Bonchev–Trinajstić information content (AvgIpc) is 2.55. The summed E-state index contributed by atoms with van der Waals surface area (Å²) in [7, 11) is 0. The zero-order valence-electron chi connectivity index (χ0n) is 12.1. The highest BCUT2D eigenvalue weighted by atomic mass is 19.1. The van der Waals surface area contributed by atoms with Gasteiger partial charge in [0.05, 0.1) is 0 Å². The van der Waals surface area contributed by atoms with Gasteiger partial charge in [-0.05, 0) is 54.1 Å². The minimum atomic E-state index is -0.367. The molecule has 23 heavy (non-hydrogen) atoms. The van der Waals surface area contributed by atoms with E-state index in [1.54, 1.807) is 48.5 Å². The summed E-state index contributed by atoms with van der Waals surface area (Å²) in [4.78, 5) is 0. The largest absolute Gasteiger partial charge is 0.508 e. The summed E-state index contributed by atoms with van der Waals surface area (Å²) in [5.41, 5.74) is 2.46. The standard InChI is InChI=1S/C20H13FO2/c21-20-13-15(2-1-14-3-8-17(22)9-4-14)5-12-19(20)16-6-10-18(23)11-7-16/h3-13,22-23H. The Morgan fingerprint density at radius 2 is 1.17 bits per heavy atom. The van der Waals surface area contributed by atoms with Crippen LogP contribution in [0.3, 0.4) is 0 Å². The van der Waals surface area contributed by atoms with Gasteiger partial charge >= 0.3 is 0 Å². The molecule has 2 nitrogen and oxygen atoms in total. The maximum Gasteiger partial charge on any atom is 0.132 e. The average molecular weight is 304 g/mol. The minimum Gasteiger partial charge on any atom is -0.508 e. The zero-order valence-corrected chi connectivity index (χ0v) is 12.1. The van der Waals surface area contributed by atoms with Crippen LogP contribution in [0.25, 0.3) is 11.1 Å². The summed E-state index contributed by atoms with van der Waals surface area (Å²) in [6.45, 7) is 0. The first-order chi connectivity index (χ1) is 11.1. The molecule has 0 aliphatic carbocycles. The summed E-state index contributed by atoms with van der Waals surface area (Å²) in [6.07, 6.45) is 0. The second-order valence-electron chi connectivity index (χ2n) is 5.04. The van der Waals surface area contributed by atoms with E-state index in [2.05, 4.69) is 11.8 Å². The Kier molecular flexibility index (Phi) is 3.99. The summed E-state index contributed by atoms with van der Waals surface area (Å²) in [5, 5.41) is 18.5. The van der Waals surface area contributed by atoms with Crippen molar-refractivity contribution in [2.24, 2.45) is 0 Å². The molecule has 0 unspecified atom stereocenters. The molecule has 0 aliphatic heterocycles. The zero-order chi connectivity index (χ0) is 16.2. The fraction of sp³-hybridized carbons (Fsp3) is 0. The molecule has 0 saturated carbocycles. The van der Waals surface area contributed by atoms with Gasteiger partial charge in [0.1, 0.15) is 17.3 Å². The van der Waals surface area contributed by atoms with Crippen LogP contribution in [0.4, 0.5) is 4.39 Å². The second kappa shape index (κ2) is 6.25. The van der Waals surface area contributed by atoms with Gasteiger partial charge in [-0.15, -0.1) is 0 Å². The van der Waals surface area contributed by atoms with Crippen LogP contribution in [0.2, 0.25) is 0 Å². The van der Waals surface area contributed by atoms with Crippen molar-refractivity contribution in [1.29, 1.82) is 0 Å². The Morgan fingerprint density at radius 3 is 1.78 bits per heavy atom. The van der Waals surface area contributed by atoms with Crippen LogP contribution in [-0.2, 0) is 0 Å². The van der Waals surface area contributed by atoms with Gasteiger partial charge in [0.2, 0.25) is 0 Å². The lowest BCUT2D eigenvalue weighted by molar-refractivity contribution is 0.475. The van der Waals surface area contributed by atoms with Crippen LogP contribution < -0.4 is 0 Å². The van der Waals surface area contributed by atoms with Gasteiger partial charge in [0, 0.05) is 16.7 Å². The number of rotatable bonds is 1. The molecule has 0 atom stereocenters. The summed E-state index contributed by atoms with van der Waals surface area (Å²) in [5.74, 6) is 5.78. The number of aromatic hydroxyl groups is 2. The molecule has 0 heterocycles. The predicted octanol–water partition coefficient (Wildman–Crippen LogP) is 4.30. The molecule has 0 amide bonds. The van der Waals surface area contributed by atoms with Crippen molar-refractivity contribution in [2.75, 3.05) is 0 Å². The van der Waals surface area contributed by atoms with Crippen LogP contribution in [0.15, 0.2) is 66.7 Å². The predicted molar refractivity (Wildman–Crippen MR) is 87.6 cm³/mol. The van der Waals surface area contributed by atoms with Crippen molar-refractivity contribution < 1.29 is 14.6 Å². The van der Waals surface area contributed by atoms with E-state index in [4.69, 9.17) is 0 Å². The molecule has 3 heteroatoms. The first kappa shape index (κ1) is 14.7. The lowest BCUT2D eigenvalue weighted by atomic mass is 10.0. The van der Waals surface area contributed by atoms with Gasteiger partial charge < -0.3 is 10.2 Å². The monoisotopic (exact) mass is 304 g/mol. The van der Waals surface area contributed by atoms with Crippen molar-refractivity contribution in [3.05, 3.63) is 83.7 Å². The van der Waals surface area contributed by atoms with Crippen molar-refractivity contribution in [3.8, 4) is 34.5 Å². The van der Waals surface area contributed by atoms with Crippen LogP contribution in [0.5, 0.6) is 11.5 Å². The molecule has 0 aromatic heterocycles. The smallest absolute Gasteiger partial charge is 0.132 e. The van der Waals surface area contributed by atoms with E-state index in [0.29, 0.717) is 16.7 Å². The molecule has 0 spiro atoms. The highest BCUT2D eigenvalue weighted by molar-refractivity contribution is 5.66. The lowest BCUT2D eigenvalue weighted by Crippen LogP contribution is -1.86. The Hall–Kier alpha value is -3.25. The summed E-state index contributed by atoms with van der Waals surface area (Å²) >= 11 is 0. The molecular formula is C20H13FO2. The Morgan fingerprint density at radius 1 is 0.652 bits per heavy atom. The number of hydrogen-bond donors (Lipinski definition) is 2. The topological polar surface area (TPSA) is 40.5 Å². The van der Waals surface area contributed by atoms with Gasteiger partial charge in [-0.1, -0.05) is 30.0 Å². The molecule has 3 aromatic carbocycles. The Labute approximate surface area is 133 Å². The number of phenolic OH excluding ortho intramolecular Hbond substituents is 2. The minimum absolute atomic E-state index is 0.144. The summed E-state index contributed by atoms with van der Waals surface area (Å²) in [6, 6.07) is 17.7. The van der Waals surface area contributed by atoms with E-state index < -0.39 is 0 Å². The van der Waals surface area contributed by atoms with Crippen molar-refractivity contribution >= 4 is 0 Å². The van der Waals surface area contributed by atoms with Gasteiger partial charge in [0.15, 0.2) is 0 Å². The van der Waals surface area contributed by atoms with E-state index in [1.807, 2.05) is 0 Å². The van der Waals surface area contributed by atoms with Crippen LogP contribution in [-0.4, -0.2) is 10.2 Å². The Balaban J connectivity index is 1.88. The van der Waals surface area contributed by atoms with E-state index in [9.17, 15) is 14.6 Å². The third kappa shape index (κ3) is 3.50.